The third kappa shape index (κ3) is 2.62. The molecule has 0 N–H and O–H groups in total. The molecule has 96 valence electrons. The minimum atomic E-state index is -0.0244. The monoisotopic (exact) mass is 245 g/mol. The van der Waals surface area contributed by atoms with Crippen molar-refractivity contribution in [2.24, 2.45) is 5.92 Å². The molecule has 0 amide bonds. The van der Waals surface area contributed by atoms with Crippen LogP contribution in [0.3, 0.4) is 0 Å². The summed E-state index contributed by atoms with van der Waals surface area (Å²) in [7, 11) is 0. The van der Waals surface area contributed by atoms with Crippen LogP contribution in [0.15, 0.2) is 36.5 Å². The van der Waals surface area contributed by atoms with E-state index in [9.17, 15) is 4.79 Å². The molecule has 1 unspecified atom stereocenters. The maximum absolute atomic E-state index is 12.1. The summed E-state index contributed by atoms with van der Waals surface area (Å²) in [5.41, 5.74) is 0.934. The zero-order chi connectivity index (χ0) is 13.1. The van der Waals surface area contributed by atoms with Crippen LogP contribution in [0.5, 0.6) is 0 Å². The number of para-hydroxylation sites is 1. The van der Waals surface area contributed by atoms with Gasteiger partial charge in [0.15, 0.2) is 0 Å². The second kappa shape index (κ2) is 5.36. The van der Waals surface area contributed by atoms with Crippen LogP contribution in [0.4, 0.5) is 0 Å². The van der Waals surface area contributed by atoms with Gasteiger partial charge in [-0.2, -0.15) is 0 Å². The van der Waals surface area contributed by atoms with Crippen LogP contribution in [0.25, 0.3) is 10.9 Å². The summed E-state index contributed by atoms with van der Waals surface area (Å²) in [6, 6.07) is 9.78. The summed E-state index contributed by atoms with van der Waals surface area (Å²) in [6.07, 6.45) is 1.90. The fourth-order valence-electron chi connectivity index (χ4n) is 1.77. The van der Waals surface area contributed by atoms with Gasteiger partial charge in [-0.1, -0.05) is 32.0 Å². The first-order chi connectivity index (χ1) is 8.59. The number of fused-ring (bicyclic) bond motifs is 1. The van der Waals surface area contributed by atoms with Crippen LogP contribution < -0.4 is 0 Å². The van der Waals surface area contributed by atoms with Crippen molar-refractivity contribution in [3.05, 3.63) is 36.5 Å². The van der Waals surface area contributed by atoms with E-state index >= 15 is 0 Å². The first kappa shape index (κ1) is 12.8. The Labute approximate surface area is 107 Å². The van der Waals surface area contributed by atoms with Crippen molar-refractivity contribution in [1.29, 1.82) is 0 Å². The molecule has 2 rings (SSSR count). The lowest BCUT2D eigenvalue weighted by Crippen LogP contribution is -2.23. The summed E-state index contributed by atoms with van der Waals surface area (Å²) in [6.45, 7) is 6.28. The molecule has 0 bridgehead atoms. The Morgan fingerprint density at radius 2 is 1.94 bits per heavy atom. The molecule has 3 heteroatoms. The lowest BCUT2D eigenvalue weighted by Gasteiger charge is -2.16. The van der Waals surface area contributed by atoms with E-state index in [0.717, 1.165) is 10.9 Å². The Bertz CT molecular complexity index is 542. The predicted octanol–water partition coefficient (Wildman–Crippen LogP) is 3.34. The number of hydrogen-bond donors (Lipinski definition) is 0. The maximum Gasteiger partial charge on any atom is 0.257 e. The molecule has 0 aliphatic heterocycles. The third-order valence-electron chi connectivity index (χ3n) is 3.28. The zero-order valence-corrected chi connectivity index (χ0v) is 11.1. The summed E-state index contributed by atoms with van der Waals surface area (Å²) in [4.78, 5) is 12.1. The Morgan fingerprint density at radius 1 is 1.22 bits per heavy atom. The largest absolute Gasteiger partial charge is 0.368 e. The number of aromatic nitrogens is 1. The highest BCUT2D eigenvalue weighted by molar-refractivity contribution is 5.92. The molecule has 2 aromatic rings. The number of ether oxygens (including phenoxy) is 1. The summed E-state index contributed by atoms with van der Waals surface area (Å²) >= 11 is 0. The highest BCUT2D eigenvalue weighted by Crippen LogP contribution is 2.15. The van der Waals surface area contributed by atoms with Crippen LogP contribution in [-0.2, 0) is 4.74 Å². The minimum absolute atomic E-state index is 0.0244. The van der Waals surface area contributed by atoms with Gasteiger partial charge in [-0.05, 0) is 25.0 Å². The predicted molar refractivity (Wildman–Crippen MR) is 72.8 cm³/mol. The van der Waals surface area contributed by atoms with E-state index in [1.165, 1.54) is 0 Å². The fraction of sp³-hybridized carbons (Fsp3) is 0.400. The summed E-state index contributed by atoms with van der Waals surface area (Å²) in [5.74, 6) is 0.392. The number of carbonyl (C=O) groups is 1. The van der Waals surface area contributed by atoms with Crippen LogP contribution in [-0.4, -0.2) is 23.2 Å². The number of rotatable bonds is 4. The molecular weight excluding hydrogens is 226 g/mol. The molecule has 0 spiro atoms. The second-order valence-electron chi connectivity index (χ2n) is 4.90. The molecule has 1 aromatic heterocycles. The lowest BCUT2D eigenvalue weighted by molar-refractivity contribution is 0.0287. The van der Waals surface area contributed by atoms with Gasteiger partial charge in [0, 0.05) is 11.6 Å². The molecule has 1 aromatic carbocycles. The molecule has 3 nitrogen and oxygen atoms in total. The van der Waals surface area contributed by atoms with Gasteiger partial charge in [0.2, 0.25) is 0 Å². The zero-order valence-electron chi connectivity index (χ0n) is 11.1. The van der Waals surface area contributed by atoms with Crippen molar-refractivity contribution in [1.82, 2.24) is 4.57 Å². The van der Waals surface area contributed by atoms with E-state index < -0.39 is 0 Å². The van der Waals surface area contributed by atoms with Crippen molar-refractivity contribution < 1.29 is 9.53 Å². The standard InChI is InChI=1S/C15H19NO2/c1-11(2)12(3)18-10-15(17)16-9-8-13-6-4-5-7-14(13)16/h4-9,11-12H,10H2,1-3H3. The highest BCUT2D eigenvalue weighted by atomic mass is 16.5. The van der Waals surface area contributed by atoms with Gasteiger partial charge in [-0.3, -0.25) is 9.36 Å². The van der Waals surface area contributed by atoms with Crippen LogP contribution in [0.1, 0.15) is 25.6 Å². The Morgan fingerprint density at radius 3 is 2.67 bits per heavy atom. The Balaban J connectivity index is 2.10. The lowest BCUT2D eigenvalue weighted by atomic mass is 10.1. The molecular formula is C15H19NO2. The first-order valence-corrected chi connectivity index (χ1v) is 6.30. The topological polar surface area (TPSA) is 31.2 Å². The summed E-state index contributed by atoms with van der Waals surface area (Å²) < 4.78 is 7.22. The van der Waals surface area contributed by atoms with Crippen molar-refractivity contribution in [3.63, 3.8) is 0 Å². The Hall–Kier alpha value is -1.61. The van der Waals surface area contributed by atoms with Crippen LogP contribution >= 0.6 is 0 Å². The van der Waals surface area contributed by atoms with Crippen molar-refractivity contribution in [2.45, 2.75) is 26.9 Å². The van der Waals surface area contributed by atoms with E-state index in [4.69, 9.17) is 4.74 Å². The average molecular weight is 245 g/mol. The van der Waals surface area contributed by atoms with E-state index in [0.29, 0.717) is 5.92 Å². The van der Waals surface area contributed by atoms with Crippen LogP contribution in [0.2, 0.25) is 0 Å². The van der Waals surface area contributed by atoms with E-state index in [2.05, 4.69) is 13.8 Å². The van der Waals surface area contributed by atoms with E-state index in [-0.39, 0.29) is 18.6 Å². The number of benzene rings is 1. The van der Waals surface area contributed by atoms with Crippen molar-refractivity contribution in [2.75, 3.05) is 6.61 Å². The molecule has 18 heavy (non-hydrogen) atoms. The second-order valence-corrected chi connectivity index (χ2v) is 4.90. The highest BCUT2D eigenvalue weighted by Gasteiger charge is 2.12. The first-order valence-electron chi connectivity index (χ1n) is 6.30. The van der Waals surface area contributed by atoms with E-state index in [1.54, 1.807) is 10.8 Å². The van der Waals surface area contributed by atoms with Crippen molar-refractivity contribution in [3.8, 4) is 0 Å². The van der Waals surface area contributed by atoms with Gasteiger partial charge >= 0.3 is 0 Å². The van der Waals surface area contributed by atoms with Gasteiger partial charge in [-0.25, -0.2) is 0 Å². The molecule has 0 aliphatic carbocycles. The molecule has 0 fully saturated rings. The SMILES string of the molecule is CC(C)C(C)OCC(=O)n1ccc2ccccc21. The normalized spacial score (nSPS) is 13.1. The van der Waals surface area contributed by atoms with Crippen molar-refractivity contribution >= 4 is 16.8 Å². The molecule has 1 heterocycles. The summed E-state index contributed by atoms with van der Waals surface area (Å²) in [5, 5.41) is 1.07. The molecule has 0 radical (unpaired) electrons. The van der Waals surface area contributed by atoms with E-state index in [1.807, 2.05) is 37.3 Å². The number of carbonyl (C=O) groups excluding carboxylic acids is 1. The van der Waals surface area contributed by atoms with Gasteiger partial charge in [0.05, 0.1) is 11.6 Å². The Kier molecular flexibility index (Phi) is 3.82. The minimum Gasteiger partial charge on any atom is -0.368 e. The smallest absolute Gasteiger partial charge is 0.257 e. The van der Waals surface area contributed by atoms with Gasteiger partial charge < -0.3 is 4.74 Å². The van der Waals surface area contributed by atoms with Crippen LogP contribution in [0, 0.1) is 5.92 Å². The number of hydrogen-bond acceptors (Lipinski definition) is 2. The van der Waals surface area contributed by atoms with Gasteiger partial charge in [0.1, 0.15) is 6.61 Å². The van der Waals surface area contributed by atoms with Gasteiger partial charge in [-0.15, -0.1) is 0 Å². The molecule has 0 aliphatic rings. The van der Waals surface area contributed by atoms with Gasteiger partial charge in [0.25, 0.3) is 5.91 Å². The number of nitrogens with zero attached hydrogens (tertiary/aromatic N) is 1. The third-order valence-corrected chi connectivity index (χ3v) is 3.28. The average Bonchev–Trinajstić information content (AvgIpc) is 2.79. The molecule has 0 saturated heterocycles. The molecule has 1 atom stereocenters. The maximum atomic E-state index is 12.1. The fourth-order valence-corrected chi connectivity index (χ4v) is 1.77. The quantitative estimate of drug-likeness (QED) is 0.827. The molecule has 0 saturated carbocycles.